The van der Waals surface area contributed by atoms with Crippen molar-refractivity contribution < 1.29 is 25.2 Å². The van der Waals surface area contributed by atoms with Crippen LogP contribution in [0.1, 0.15) is 99.8 Å². The number of fused-ring (bicyclic) bond motifs is 7. The van der Waals surface area contributed by atoms with E-state index < -0.39 is 29.2 Å². The molecule has 0 aromatic heterocycles. The quantitative estimate of drug-likeness (QED) is 0.382. The van der Waals surface area contributed by atoms with Gasteiger partial charge in [-0.1, -0.05) is 53.2 Å². The Kier molecular flexibility index (Phi) is 5.40. The first-order valence-electron chi connectivity index (χ1n) is 14.0. The van der Waals surface area contributed by atoms with E-state index in [1.165, 1.54) is 5.57 Å². The number of aliphatic hydroxyl groups is 3. The Balaban J connectivity index is 1.65. The molecular formula is C30H48O5. The number of aliphatic carboxylic acids is 1. The normalized spacial score (nSPS) is 57.1. The van der Waals surface area contributed by atoms with Crippen molar-refractivity contribution >= 4 is 5.97 Å². The molecule has 0 bridgehead atoms. The Hall–Kier alpha value is -0.910. The highest BCUT2D eigenvalue weighted by atomic mass is 16.4. The molecule has 5 rings (SSSR count). The molecule has 5 heteroatoms. The summed E-state index contributed by atoms with van der Waals surface area (Å²) in [6, 6.07) is 0. The number of allylic oxidation sites excluding steroid dienone is 1. The van der Waals surface area contributed by atoms with Crippen LogP contribution < -0.4 is 0 Å². The second-order valence-electron chi connectivity index (χ2n) is 14.9. The molecule has 5 aliphatic carbocycles. The van der Waals surface area contributed by atoms with Crippen molar-refractivity contribution in [1.29, 1.82) is 0 Å². The molecule has 5 nitrogen and oxygen atoms in total. The number of carboxylic acid groups (broad SMARTS) is 1. The Labute approximate surface area is 211 Å². The zero-order valence-electron chi connectivity index (χ0n) is 22.9. The second kappa shape index (κ2) is 7.35. The highest BCUT2D eigenvalue weighted by molar-refractivity contribution is 5.77. The number of hydrogen-bond donors (Lipinski definition) is 4. The summed E-state index contributed by atoms with van der Waals surface area (Å²) in [7, 11) is 0. The summed E-state index contributed by atoms with van der Waals surface area (Å²) >= 11 is 0. The first kappa shape index (κ1) is 25.7. The van der Waals surface area contributed by atoms with E-state index in [2.05, 4.69) is 47.6 Å². The van der Waals surface area contributed by atoms with Gasteiger partial charge in [-0.15, -0.1) is 0 Å². The lowest BCUT2D eigenvalue weighted by atomic mass is 9.33. The lowest BCUT2D eigenvalue weighted by molar-refractivity contribution is -0.237. The maximum Gasteiger partial charge on any atom is 0.310 e. The minimum absolute atomic E-state index is 0.0535. The van der Waals surface area contributed by atoms with Crippen molar-refractivity contribution in [3.05, 3.63) is 11.6 Å². The summed E-state index contributed by atoms with van der Waals surface area (Å²) in [5, 5.41) is 44.3. The van der Waals surface area contributed by atoms with Gasteiger partial charge in [0.05, 0.1) is 23.2 Å². The fraction of sp³-hybridized carbons (Fsp3) is 0.900. The first-order valence-corrected chi connectivity index (χ1v) is 14.0. The molecule has 5 aliphatic rings. The molecule has 198 valence electrons. The first-order chi connectivity index (χ1) is 16.0. The van der Waals surface area contributed by atoms with Gasteiger partial charge in [-0.05, 0) is 97.7 Å². The number of carbonyl (C=O) groups is 1. The number of aliphatic hydroxyl groups excluding tert-OH is 2. The van der Waals surface area contributed by atoms with Crippen LogP contribution in [-0.4, -0.2) is 44.2 Å². The van der Waals surface area contributed by atoms with Gasteiger partial charge in [0.2, 0.25) is 0 Å². The van der Waals surface area contributed by atoms with Crippen LogP contribution in [0.25, 0.3) is 0 Å². The Morgan fingerprint density at radius 3 is 2.23 bits per heavy atom. The molecule has 0 aromatic carbocycles. The molecule has 0 aromatic rings. The molecule has 35 heavy (non-hydrogen) atoms. The van der Waals surface area contributed by atoms with Gasteiger partial charge in [0.25, 0.3) is 0 Å². The van der Waals surface area contributed by atoms with Crippen molar-refractivity contribution in [3.8, 4) is 0 Å². The van der Waals surface area contributed by atoms with Gasteiger partial charge in [-0.2, -0.15) is 0 Å². The van der Waals surface area contributed by atoms with Gasteiger partial charge in [0, 0.05) is 5.92 Å². The maximum atomic E-state index is 12.8. The molecule has 0 saturated heterocycles. The third kappa shape index (κ3) is 2.90. The zero-order valence-corrected chi connectivity index (χ0v) is 22.9. The molecule has 4 N–H and O–H groups in total. The van der Waals surface area contributed by atoms with Crippen LogP contribution in [0.15, 0.2) is 11.6 Å². The van der Waals surface area contributed by atoms with Gasteiger partial charge in [0.15, 0.2) is 0 Å². The van der Waals surface area contributed by atoms with E-state index in [4.69, 9.17) is 0 Å². The number of hydrogen-bond acceptors (Lipinski definition) is 4. The van der Waals surface area contributed by atoms with E-state index >= 15 is 0 Å². The largest absolute Gasteiger partial charge is 0.481 e. The molecule has 0 heterocycles. The summed E-state index contributed by atoms with van der Waals surface area (Å²) in [5.74, 6) is -0.394. The number of carboxylic acids is 1. The zero-order chi connectivity index (χ0) is 26.0. The van der Waals surface area contributed by atoms with Crippen molar-refractivity contribution in [2.45, 2.75) is 118 Å². The lowest BCUT2D eigenvalue weighted by Crippen LogP contribution is -2.68. The summed E-state index contributed by atoms with van der Waals surface area (Å²) in [5.41, 5.74) is -1.46. The molecule has 0 aliphatic heterocycles. The molecular weight excluding hydrogens is 440 g/mol. The van der Waals surface area contributed by atoms with Crippen molar-refractivity contribution in [2.75, 3.05) is 0 Å². The smallest absolute Gasteiger partial charge is 0.310 e. The molecule has 0 radical (unpaired) electrons. The topological polar surface area (TPSA) is 98.0 Å². The van der Waals surface area contributed by atoms with E-state index in [1.54, 1.807) is 0 Å². The minimum Gasteiger partial charge on any atom is -0.481 e. The predicted octanol–water partition coefficient (Wildman–Crippen LogP) is 5.18. The lowest BCUT2D eigenvalue weighted by Gasteiger charge is -2.72. The maximum absolute atomic E-state index is 12.8. The van der Waals surface area contributed by atoms with E-state index in [0.29, 0.717) is 31.1 Å². The van der Waals surface area contributed by atoms with E-state index in [9.17, 15) is 25.2 Å². The van der Waals surface area contributed by atoms with E-state index in [1.807, 2.05) is 6.92 Å². The highest BCUT2D eigenvalue weighted by Gasteiger charge is 2.71. The van der Waals surface area contributed by atoms with Crippen LogP contribution in [0.3, 0.4) is 0 Å². The van der Waals surface area contributed by atoms with Crippen LogP contribution in [0.5, 0.6) is 0 Å². The van der Waals surface area contributed by atoms with Crippen LogP contribution in [0.2, 0.25) is 0 Å². The fourth-order valence-corrected chi connectivity index (χ4v) is 11.0. The Morgan fingerprint density at radius 1 is 0.943 bits per heavy atom. The van der Waals surface area contributed by atoms with Gasteiger partial charge in [-0.25, -0.2) is 0 Å². The predicted molar refractivity (Wildman–Crippen MR) is 135 cm³/mol. The van der Waals surface area contributed by atoms with Crippen molar-refractivity contribution in [3.63, 3.8) is 0 Å². The summed E-state index contributed by atoms with van der Waals surface area (Å²) in [6.07, 6.45) is 7.21. The fourth-order valence-electron chi connectivity index (χ4n) is 11.0. The third-order valence-electron chi connectivity index (χ3n) is 13.4. The SMILES string of the molecule is C[C@@H]1CC[C@@]2(C(=O)O)CC[C@]3(C)C(=CC[C@@H]4[C@@]5(C)C[C@@H](O)[C@H](O)C(C)(C)[C@H]5CC[C@]43C)[C@@H]2[C@]1(C)O. The van der Waals surface area contributed by atoms with Crippen LogP contribution in [-0.2, 0) is 4.79 Å². The van der Waals surface area contributed by atoms with Crippen LogP contribution in [0, 0.1) is 50.7 Å². The van der Waals surface area contributed by atoms with Gasteiger partial charge in [-0.3, -0.25) is 4.79 Å². The Morgan fingerprint density at radius 2 is 1.60 bits per heavy atom. The standard InChI is InChI=1S/C30H48O5/c1-17-10-13-30(24(33)34)15-14-27(5)18(22(30)29(17,7)35)8-9-21-26(4)16-19(31)23(32)25(2,3)20(26)11-12-28(21,27)6/h8,17,19-23,31-32,35H,9-16H2,1-7H3,(H,33,34)/t17-,19-,20-,21-,22-,23+,26+,27-,28-,29-,30-/m1/s1. The van der Waals surface area contributed by atoms with Gasteiger partial charge in [0.1, 0.15) is 0 Å². The van der Waals surface area contributed by atoms with Crippen molar-refractivity contribution in [2.24, 2.45) is 50.7 Å². The highest BCUT2D eigenvalue weighted by Crippen LogP contribution is 2.76. The molecule has 4 saturated carbocycles. The van der Waals surface area contributed by atoms with Crippen LogP contribution in [0.4, 0.5) is 0 Å². The Bertz CT molecular complexity index is 952. The second-order valence-corrected chi connectivity index (χ2v) is 14.9. The van der Waals surface area contributed by atoms with Gasteiger partial charge >= 0.3 is 5.97 Å². The monoisotopic (exact) mass is 488 g/mol. The van der Waals surface area contributed by atoms with Gasteiger partial charge < -0.3 is 20.4 Å². The summed E-state index contributed by atoms with van der Waals surface area (Å²) in [6.45, 7) is 15.3. The van der Waals surface area contributed by atoms with E-state index in [0.717, 1.165) is 32.1 Å². The minimum atomic E-state index is -1.05. The molecule has 11 atom stereocenters. The average Bonchev–Trinajstić information content (AvgIpc) is 2.75. The average molecular weight is 489 g/mol. The molecule has 0 spiro atoms. The molecule has 0 amide bonds. The number of rotatable bonds is 1. The van der Waals surface area contributed by atoms with Crippen molar-refractivity contribution in [1.82, 2.24) is 0 Å². The summed E-state index contributed by atoms with van der Waals surface area (Å²) in [4.78, 5) is 12.8. The summed E-state index contributed by atoms with van der Waals surface area (Å²) < 4.78 is 0. The van der Waals surface area contributed by atoms with E-state index in [-0.39, 0.29) is 33.5 Å². The molecule has 0 unspecified atom stereocenters. The third-order valence-corrected chi connectivity index (χ3v) is 13.4. The molecule has 4 fully saturated rings. The van der Waals surface area contributed by atoms with Crippen LogP contribution >= 0.6 is 0 Å².